The second-order valence-electron chi connectivity index (χ2n) is 3.74. The lowest BCUT2D eigenvalue weighted by molar-refractivity contribution is 1.08. The molecule has 3 rings (SSSR count). The molecule has 0 unspecified atom stereocenters. The summed E-state index contributed by atoms with van der Waals surface area (Å²) in [5, 5.41) is 0.788. The number of aromatic nitrogens is 4. The highest BCUT2D eigenvalue weighted by Crippen LogP contribution is 2.23. The van der Waals surface area contributed by atoms with Crippen LogP contribution in [-0.2, 0) is 0 Å². The molecule has 18 heavy (non-hydrogen) atoms. The van der Waals surface area contributed by atoms with Crippen molar-refractivity contribution in [2.24, 2.45) is 0 Å². The first kappa shape index (κ1) is 11.0. The highest BCUT2D eigenvalue weighted by Gasteiger charge is 2.11. The number of aromatic amines is 1. The molecular formula is C12H11N5S. The number of hydrogen-bond donors (Lipinski definition) is 2. The average Bonchev–Trinajstić information content (AvgIpc) is 2.83. The van der Waals surface area contributed by atoms with Crippen LogP contribution in [0.25, 0.3) is 22.6 Å². The first-order valence-corrected chi connectivity index (χ1v) is 6.63. The van der Waals surface area contributed by atoms with Crippen LogP contribution in [0.2, 0.25) is 0 Å². The maximum absolute atomic E-state index is 5.93. The first-order chi connectivity index (χ1) is 8.78. The van der Waals surface area contributed by atoms with Crippen molar-refractivity contribution in [1.29, 1.82) is 0 Å². The van der Waals surface area contributed by atoms with E-state index >= 15 is 0 Å². The Hall–Kier alpha value is -2.08. The molecule has 3 aromatic rings. The number of nitrogen functional groups attached to an aromatic ring is 1. The predicted octanol–water partition coefficient (Wildman–Crippen LogP) is 2.32. The topological polar surface area (TPSA) is 80.5 Å². The van der Waals surface area contributed by atoms with Gasteiger partial charge in [-0.25, -0.2) is 15.0 Å². The smallest absolute Gasteiger partial charge is 0.184 e. The van der Waals surface area contributed by atoms with Gasteiger partial charge in [-0.05, 0) is 6.26 Å². The highest BCUT2D eigenvalue weighted by atomic mass is 32.2. The monoisotopic (exact) mass is 257 g/mol. The Kier molecular flexibility index (Phi) is 2.64. The fourth-order valence-corrected chi connectivity index (χ4v) is 2.09. The van der Waals surface area contributed by atoms with Crippen LogP contribution in [0.4, 0.5) is 5.82 Å². The summed E-state index contributed by atoms with van der Waals surface area (Å²) in [4.78, 5) is 16.2. The van der Waals surface area contributed by atoms with E-state index in [1.54, 1.807) is 0 Å². The van der Waals surface area contributed by atoms with E-state index in [9.17, 15) is 0 Å². The van der Waals surface area contributed by atoms with Gasteiger partial charge in [0.1, 0.15) is 5.52 Å². The van der Waals surface area contributed by atoms with Gasteiger partial charge in [0.2, 0.25) is 0 Å². The van der Waals surface area contributed by atoms with Crippen LogP contribution in [0.3, 0.4) is 0 Å². The number of benzene rings is 1. The summed E-state index contributed by atoms with van der Waals surface area (Å²) in [5.41, 5.74) is 8.16. The fraction of sp³-hybridized carbons (Fsp3) is 0.0833. The van der Waals surface area contributed by atoms with Crippen LogP contribution in [0.15, 0.2) is 35.5 Å². The van der Waals surface area contributed by atoms with Gasteiger partial charge in [0.05, 0.1) is 0 Å². The third-order valence-corrected chi connectivity index (χ3v) is 3.16. The zero-order valence-corrected chi connectivity index (χ0v) is 10.5. The SMILES string of the molecule is CSc1nc2nc(-c3ccccc3)nc(N)c2[nH]1. The Bertz CT molecular complexity index is 692. The predicted molar refractivity (Wildman–Crippen MR) is 73.3 cm³/mol. The van der Waals surface area contributed by atoms with E-state index in [1.165, 1.54) is 11.8 Å². The molecule has 0 aliphatic rings. The number of fused-ring (bicyclic) bond motifs is 1. The summed E-state index contributed by atoms with van der Waals surface area (Å²) in [5.74, 6) is 1.02. The first-order valence-electron chi connectivity index (χ1n) is 5.40. The second kappa shape index (κ2) is 4.30. The molecule has 5 nitrogen and oxygen atoms in total. The maximum Gasteiger partial charge on any atom is 0.184 e. The molecule has 2 aromatic heterocycles. The van der Waals surface area contributed by atoms with Gasteiger partial charge < -0.3 is 10.7 Å². The number of anilines is 1. The van der Waals surface area contributed by atoms with E-state index < -0.39 is 0 Å². The summed E-state index contributed by atoms with van der Waals surface area (Å²) < 4.78 is 0. The molecule has 3 N–H and O–H groups in total. The molecule has 0 saturated carbocycles. The standard InChI is InChI=1S/C12H11N5S/c1-18-12-14-8-9(13)15-10(16-11(8)17-12)7-5-3-2-4-6-7/h2-6H,1H3,(H3,13,14,15,16,17). The number of thioether (sulfide) groups is 1. The molecule has 0 atom stereocenters. The number of nitrogens with two attached hydrogens (primary N) is 1. The molecule has 0 spiro atoms. The molecule has 1 aromatic carbocycles. The molecule has 0 saturated heterocycles. The van der Waals surface area contributed by atoms with Crippen molar-refractivity contribution >= 4 is 28.7 Å². The lowest BCUT2D eigenvalue weighted by Crippen LogP contribution is -1.97. The van der Waals surface area contributed by atoms with E-state index in [1.807, 2.05) is 36.6 Å². The van der Waals surface area contributed by atoms with Gasteiger partial charge in [-0.15, -0.1) is 0 Å². The van der Waals surface area contributed by atoms with Gasteiger partial charge in [0, 0.05) is 5.56 Å². The van der Waals surface area contributed by atoms with E-state index in [-0.39, 0.29) is 0 Å². The lowest BCUT2D eigenvalue weighted by atomic mass is 10.2. The number of imidazole rings is 1. The molecule has 90 valence electrons. The van der Waals surface area contributed by atoms with Gasteiger partial charge in [-0.1, -0.05) is 42.1 Å². The maximum atomic E-state index is 5.93. The summed E-state index contributed by atoms with van der Waals surface area (Å²) in [6.45, 7) is 0. The van der Waals surface area contributed by atoms with Gasteiger partial charge in [-0.2, -0.15) is 0 Å². The molecule has 0 radical (unpaired) electrons. The van der Waals surface area contributed by atoms with Crippen molar-refractivity contribution in [1.82, 2.24) is 19.9 Å². The number of H-pyrrole nitrogens is 1. The van der Waals surface area contributed by atoms with Gasteiger partial charge >= 0.3 is 0 Å². The largest absolute Gasteiger partial charge is 0.382 e. The van der Waals surface area contributed by atoms with Gasteiger partial charge in [-0.3, -0.25) is 0 Å². The summed E-state index contributed by atoms with van der Waals surface area (Å²) in [6, 6.07) is 9.73. The number of rotatable bonds is 2. The molecule has 0 aliphatic carbocycles. The fourth-order valence-electron chi connectivity index (χ4n) is 1.71. The Morgan fingerprint density at radius 2 is 1.89 bits per heavy atom. The van der Waals surface area contributed by atoms with Crippen molar-refractivity contribution in [2.75, 3.05) is 12.0 Å². The van der Waals surface area contributed by atoms with Gasteiger partial charge in [0.25, 0.3) is 0 Å². The zero-order chi connectivity index (χ0) is 12.5. The van der Waals surface area contributed by atoms with Crippen molar-refractivity contribution in [3.8, 4) is 11.4 Å². The van der Waals surface area contributed by atoms with Crippen LogP contribution in [0.5, 0.6) is 0 Å². The summed E-state index contributed by atoms with van der Waals surface area (Å²) >= 11 is 1.51. The van der Waals surface area contributed by atoms with E-state index in [4.69, 9.17) is 5.73 Å². The Labute approximate surface area is 108 Å². The molecule has 0 bridgehead atoms. The normalized spacial score (nSPS) is 10.9. The van der Waals surface area contributed by atoms with Crippen LogP contribution >= 0.6 is 11.8 Å². The van der Waals surface area contributed by atoms with Crippen molar-refractivity contribution in [3.05, 3.63) is 30.3 Å². The minimum Gasteiger partial charge on any atom is -0.382 e. The molecule has 0 aliphatic heterocycles. The van der Waals surface area contributed by atoms with Crippen molar-refractivity contribution in [3.63, 3.8) is 0 Å². The Balaban J connectivity index is 2.21. The Morgan fingerprint density at radius 1 is 1.11 bits per heavy atom. The third kappa shape index (κ3) is 1.80. The quantitative estimate of drug-likeness (QED) is 0.689. The molecule has 2 heterocycles. The lowest BCUT2D eigenvalue weighted by Gasteiger charge is -2.01. The van der Waals surface area contributed by atoms with E-state index in [0.717, 1.165) is 10.7 Å². The summed E-state index contributed by atoms with van der Waals surface area (Å²) in [6.07, 6.45) is 1.94. The Morgan fingerprint density at radius 3 is 2.61 bits per heavy atom. The zero-order valence-electron chi connectivity index (χ0n) is 9.71. The van der Waals surface area contributed by atoms with E-state index in [0.29, 0.717) is 22.8 Å². The minimum absolute atomic E-state index is 0.423. The third-order valence-electron chi connectivity index (χ3n) is 2.58. The second-order valence-corrected chi connectivity index (χ2v) is 4.54. The highest BCUT2D eigenvalue weighted by molar-refractivity contribution is 7.98. The van der Waals surface area contributed by atoms with E-state index in [2.05, 4.69) is 19.9 Å². The summed E-state index contributed by atoms with van der Waals surface area (Å²) in [7, 11) is 0. The van der Waals surface area contributed by atoms with Crippen LogP contribution in [0.1, 0.15) is 0 Å². The molecule has 6 heteroatoms. The van der Waals surface area contributed by atoms with Gasteiger partial charge in [0.15, 0.2) is 22.4 Å². The number of hydrogen-bond acceptors (Lipinski definition) is 5. The minimum atomic E-state index is 0.423. The van der Waals surface area contributed by atoms with Crippen LogP contribution in [0, 0.1) is 0 Å². The van der Waals surface area contributed by atoms with Crippen molar-refractivity contribution in [2.45, 2.75) is 5.16 Å². The average molecular weight is 257 g/mol. The molecular weight excluding hydrogens is 246 g/mol. The number of nitrogens with zero attached hydrogens (tertiary/aromatic N) is 3. The molecule has 0 amide bonds. The number of nitrogens with one attached hydrogen (secondary N) is 1. The van der Waals surface area contributed by atoms with Crippen LogP contribution in [-0.4, -0.2) is 26.2 Å². The van der Waals surface area contributed by atoms with Crippen LogP contribution < -0.4 is 5.73 Å². The van der Waals surface area contributed by atoms with Crippen molar-refractivity contribution < 1.29 is 0 Å². The molecule has 0 fully saturated rings.